The van der Waals surface area contributed by atoms with Crippen LogP contribution in [0.5, 0.6) is 5.75 Å². The molecule has 1 unspecified atom stereocenters. The molecule has 3 nitrogen and oxygen atoms in total. The summed E-state index contributed by atoms with van der Waals surface area (Å²) in [6.45, 7) is 9.75. The summed E-state index contributed by atoms with van der Waals surface area (Å²) >= 11 is 0. The van der Waals surface area contributed by atoms with Crippen molar-refractivity contribution in [2.24, 2.45) is 0 Å². The number of ketones is 1. The monoisotopic (exact) mass is 262 g/mol. The van der Waals surface area contributed by atoms with Crippen molar-refractivity contribution in [3.63, 3.8) is 0 Å². The first kappa shape index (κ1) is 14.1. The zero-order chi connectivity index (χ0) is 14.3. The summed E-state index contributed by atoms with van der Waals surface area (Å²) in [5.41, 5.74) is 0.0789. The Kier molecular flexibility index (Phi) is 3.43. The fraction of sp³-hybridized carbons (Fsp3) is 0.562. The van der Waals surface area contributed by atoms with Crippen LogP contribution in [0.1, 0.15) is 51.4 Å². The number of benzene rings is 1. The third-order valence-corrected chi connectivity index (χ3v) is 3.53. The number of para-hydroxylation sites is 1. The molecule has 1 aromatic rings. The van der Waals surface area contributed by atoms with Crippen LogP contribution >= 0.6 is 0 Å². The Morgan fingerprint density at radius 2 is 1.89 bits per heavy atom. The van der Waals surface area contributed by atoms with Crippen molar-refractivity contribution in [3.8, 4) is 5.75 Å². The molecule has 0 aliphatic carbocycles. The van der Waals surface area contributed by atoms with Gasteiger partial charge in [0.1, 0.15) is 17.5 Å². The fourth-order valence-electron chi connectivity index (χ4n) is 2.71. The molecule has 3 heteroatoms. The van der Waals surface area contributed by atoms with E-state index in [1.165, 1.54) is 0 Å². The van der Waals surface area contributed by atoms with Gasteiger partial charge in [0.25, 0.3) is 0 Å². The zero-order valence-corrected chi connectivity index (χ0v) is 12.3. The summed E-state index contributed by atoms with van der Waals surface area (Å²) < 4.78 is 12.1. The summed E-state index contributed by atoms with van der Waals surface area (Å²) in [7, 11) is 0. The van der Waals surface area contributed by atoms with E-state index in [-0.39, 0.29) is 23.1 Å². The number of hydrogen-bond acceptors (Lipinski definition) is 3. The maximum atomic E-state index is 11.6. The van der Waals surface area contributed by atoms with Gasteiger partial charge < -0.3 is 9.47 Å². The molecule has 0 radical (unpaired) electrons. The van der Waals surface area contributed by atoms with E-state index in [9.17, 15) is 4.79 Å². The van der Waals surface area contributed by atoms with Crippen LogP contribution in [0.2, 0.25) is 0 Å². The maximum Gasteiger partial charge on any atom is 0.163 e. The highest BCUT2D eigenvalue weighted by atomic mass is 16.6. The second-order valence-corrected chi connectivity index (χ2v) is 6.33. The molecule has 1 saturated heterocycles. The molecule has 1 atom stereocenters. The minimum atomic E-state index is -0.354. The lowest BCUT2D eigenvalue weighted by molar-refractivity contribution is -0.0846. The topological polar surface area (TPSA) is 35.5 Å². The largest absolute Gasteiger partial charge is 0.487 e. The standard InChI is InChI=1S/C16H22O3/c1-11(17)12-8-6-7-9-13(12)18-14-10-15(2,3)19-16(14,4)5/h6-9,14H,10H2,1-5H3. The van der Waals surface area contributed by atoms with Gasteiger partial charge >= 0.3 is 0 Å². The first-order valence-corrected chi connectivity index (χ1v) is 6.68. The van der Waals surface area contributed by atoms with Crippen molar-refractivity contribution in [3.05, 3.63) is 29.8 Å². The van der Waals surface area contributed by atoms with E-state index in [0.29, 0.717) is 11.3 Å². The van der Waals surface area contributed by atoms with Crippen LogP contribution in [0.4, 0.5) is 0 Å². The molecule has 0 N–H and O–H groups in total. The average Bonchev–Trinajstić information content (AvgIpc) is 2.47. The highest BCUT2D eigenvalue weighted by Crippen LogP contribution is 2.40. The summed E-state index contributed by atoms with van der Waals surface area (Å²) in [4.78, 5) is 11.6. The van der Waals surface area contributed by atoms with Crippen molar-refractivity contribution in [1.29, 1.82) is 0 Å². The van der Waals surface area contributed by atoms with Crippen molar-refractivity contribution < 1.29 is 14.3 Å². The van der Waals surface area contributed by atoms with Crippen LogP contribution in [0.15, 0.2) is 24.3 Å². The van der Waals surface area contributed by atoms with Gasteiger partial charge in [-0.05, 0) is 46.8 Å². The highest BCUT2D eigenvalue weighted by molar-refractivity contribution is 5.96. The molecule has 0 bridgehead atoms. The summed E-state index contributed by atoms with van der Waals surface area (Å²) in [6.07, 6.45) is 0.759. The second-order valence-electron chi connectivity index (χ2n) is 6.33. The number of rotatable bonds is 3. The van der Waals surface area contributed by atoms with Gasteiger partial charge in [0.2, 0.25) is 0 Å². The molecule has 0 spiro atoms. The Hall–Kier alpha value is -1.35. The third kappa shape index (κ3) is 2.98. The Balaban J connectivity index is 2.25. The molecule has 1 aliphatic rings. The van der Waals surface area contributed by atoms with Gasteiger partial charge in [-0.2, -0.15) is 0 Å². The number of carbonyl (C=O) groups is 1. The fourth-order valence-corrected chi connectivity index (χ4v) is 2.71. The van der Waals surface area contributed by atoms with Gasteiger partial charge in [0.05, 0.1) is 11.2 Å². The van der Waals surface area contributed by atoms with E-state index in [0.717, 1.165) is 6.42 Å². The molecular weight excluding hydrogens is 240 g/mol. The quantitative estimate of drug-likeness (QED) is 0.780. The van der Waals surface area contributed by atoms with E-state index in [2.05, 4.69) is 13.8 Å². The average molecular weight is 262 g/mol. The van der Waals surface area contributed by atoms with Crippen LogP contribution in [0.3, 0.4) is 0 Å². The predicted molar refractivity (Wildman–Crippen MR) is 74.7 cm³/mol. The van der Waals surface area contributed by atoms with Crippen molar-refractivity contribution in [2.75, 3.05) is 0 Å². The lowest BCUT2D eigenvalue weighted by atomic mass is 9.97. The smallest absolute Gasteiger partial charge is 0.163 e. The first-order chi connectivity index (χ1) is 8.71. The van der Waals surface area contributed by atoms with Crippen LogP contribution in [0.25, 0.3) is 0 Å². The van der Waals surface area contributed by atoms with Crippen molar-refractivity contribution >= 4 is 5.78 Å². The van der Waals surface area contributed by atoms with E-state index >= 15 is 0 Å². The molecular formula is C16H22O3. The molecule has 1 aromatic carbocycles. The SMILES string of the molecule is CC(=O)c1ccccc1OC1CC(C)(C)OC1(C)C. The Labute approximate surface area is 114 Å². The maximum absolute atomic E-state index is 11.6. The molecule has 1 aliphatic heterocycles. The molecule has 19 heavy (non-hydrogen) atoms. The van der Waals surface area contributed by atoms with Crippen molar-refractivity contribution in [1.82, 2.24) is 0 Å². The Bertz CT molecular complexity index is 489. The summed E-state index contributed by atoms with van der Waals surface area (Å²) in [6, 6.07) is 7.38. The van der Waals surface area contributed by atoms with Gasteiger partial charge in [-0.25, -0.2) is 0 Å². The number of ether oxygens (including phenoxy) is 2. The number of Topliss-reactive ketones (excluding diaryl/α,β-unsaturated/α-hetero) is 1. The molecule has 1 heterocycles. The van der Waals surface area contributed by atoms with Gasteiger partial charge in [-0.1, -0.05) is 12.1 Å². The first-order valence-electron chi connectivity index (χ1n) is 6.68. The van der Waals surface area contributed by atoms with E-state index in [1.807, 2.05) is 32.0 Å². The second kappa shape index (κ2) is 4.64. The molecule has 1 fully saturated rings. The van der Waals surface area contributed by atoms with Crippen LogP contribution < -0.4 is 4.74 Å². The van der Waals surface area contributed by atoms with Crippen LogP contribution in [0, 0.1) is 0 Å². The lowest BCUT2D eigenvalue weighted by Gasteiger charge is -2.27. The highest BCUT2D eigenvalue weighted by Gasteiger charge is 2.47. The Morgan fingerprint density at radius 1 is 1.26 bits per heavy atom. The van der Waals surface area contributed by atoms with Crippen LogP contribution in [-0.2, 0) is 4.74 Å². The van der Waals surface area contributed by atoms with E-state index < -0.39 is 0 Å². The van der Waals surface area contributed by atoms with Gasteiger partial charge in [0, 0.05) is 6.42 Å². The van der Waals surface area contributed by atoms with Gasteiger partial charge in [-0.3, -0.25) is 4.79 Å². The van der Waals surface area contributed by atoms with Crippen LogP contribution in [-0.4, -0.2) is 23.1 Å². The normalized spacial score (nSPS) is 24.2. The van der Waals surface area contributed by atoms with Gasteiger partial charge in [0.15, 0.2) is 5.78 Å². The number of hydrogen-bond donors (Lipinski definition) is 0. The van der Waals surface area contributed by atoms with Gasteiger partial charge in [-0.15, -0.1) is 0 Å². The Morgan fingerprint density at radius 3 is 2.42 bits per heavy atom. The molecule has 0 aromatic heterocycles. The predicted octanol–water partition coefficient (Wildman–Crippen LogP) is 3.61. The third-order valence-electron chi connectivity index (χ3n) is 3.53. The molecule has 104 valence electrons. The molecule has 0 amide bonds. The van der Waals surface area contributed by atoms with E-state index in [4.69, 9.17) is 9.47 Å². The van der Waals surface area contributed by atoms with E-state index in [1.54, 1.807) is 13.0 Å². The minimum Gasteiger partial charge on any atom is -0.487 e. The molecule has 2 rings (SSSR count). The lowest BCUT2D eigenvalue weighted by Crippen LogP contribution is -2.37. The summed E-state index contributed by atoms with van der Waals surface area (Å²) in [5.74, 6) is 0.668. The summed E-state index contributed by atoms with van der Waals surface area (Å²) in [5, 5.41) is 0. The number of carbonyl (C=O) groups excluding carboxylic acids is 1. The molecule has 0 saturated carbocycles. The van der Waals surface area contributed by atoms with Crippen molar-refractivity contribution in [2.45, 2.75) is 58.3 Å². The zero-order valence-electron chi connectivity index (χ0n) is 12.3. The minimum absolute atomic E-state index is 0.0200.